The average molecular weight is 302 g/mol. The lowest BCUT2D eigenvalue weighted by Gasteiger charge is -2.14. The topological polar surface area (TPSA) is 55.4 Å². The van der Waals surface area contributed by atoms with Gasteiger partial charge < -0.3 is 10.1 Å². The molecule has 2 rings (SSSR count). The Labute approximate surface area is 121 Å². The zero-order valence-electron chi connectivity index (χ0n) is 10.5. The minimum absolute atomic E-state index is 0.289. The molecule has 1 atom stereocenters. The zero-order chi connectivity index (χ0) is 14.3. The Bertz CT molecular complexity index is 544. The Morgan fingerprint density at radius 2 is 1.89 bits per heavy atom. The van der Waals surface area contributed by atoms with Crippen LogP contribution in [0.4, 0.5) is 5.69 Å². The smallest absolute Gasteiger partial charge is 0.339 e. The fraction of sp³-hybridized carbons (Fsp3) is 0.385. The molecule has 1 aromatic carbocycles. The lowest BCUT2D eigenvalue weighted by Crippen LogP contribution is -2.26. The highest BCUT2D eigenvalue weighted by Crippen LogP contribution is 2.64. The van der Waals surface area contributed by atoms with E-state index in [0.29, 0.717) is 12.1 Å². The van der Waals surface area contributed by atoms with Gasteiger partial charge in [-0.1, -0.05) is 12.1 Å². The first kappa shape index (κ1) is 14.2. The number of methoxy groups -OCH3 is 1. The van der Waals surface area contributed by atoms with Crippen molar-refractivity contribution in [1.82, 2.24) is 0 Å². The fourth-order valence-corrected chi connectivity index (χ4v) is 2.49. The molecule has 0 bridgehead atoms. The van der Waals surface area contributed by atoms with Gasteiger partial charge in [-0.05, 0) is 25.5 Å². The molecule has 1 aromatic rings. The van der Waals surface area contributed by atoms with Crippen LogP contribution in [0, 0.1) is 5.41 Å². The number of benzene rings is 1. The van der Waals surface area contributed by atoms with Crippen molar-refractivity contribution < 1.29 is 14.3 Å². The summed E-state index contributed by atoms with van der Waals surface area (Å²) in [4.78, 5) is 23.7. The Balaban J connectivity index is 2.21. The van der Waals surface area contributed by atoms with Crippen molar-refractivity contribution in [2.75, 3.05) is 12.4 Å². The van der Waals surface area contributed by atoms with Gasteiger partial charge >= 0.3 is 5.97 Å². The SMILES string of the molecule is COC(=O)c1ccccc1NC(=O)[C@]1(C)CC1(Cl)Cl. The first-order chi connectivity index (χ1) is 8.82. The molecule has 0 aromatic heterocycles. The van der Waals surface area contributed by atoms with Gasteiger partial charge in [0.1, 0.15) is 4.33 Å². The molecule has 1 aliphatic carbocycles. The highest BCUT2D eigenvalue weighted by Gasteiger charge is 2.67. The van der Waals surface area contributed by atoms with Gasteiger partial charge in [-0.25, -0.2) is 4.79 Å². The molecule has 0 heterocycles. The lowest BCUT2D eigenvalue weighted by molar-refractivity contribution is -0.120. The van der Waals surface area contributed by atoms with Crippen LogP contribution in [-0.4, -0.2) is 23.3 Å². The molecule has 0 spiro atoms. The summed E-state index contributed by atoms with van der Waals surface area (Å²) >= 11 is 11.9. The number of rotatable bonds is 3. The maximum absolute atomic E-state index is 12.1. The van der Waals surface area contributed by atoms with E-state index in [0.717, 1.165) is 0 Å². The number of alkyl halides is 2. The van der Waals surface area contributed by atoms with Crippen LogP contribution in [0.2, 0.25) is 0 Å². The average Bonchev–Trinajstić information content (AvgIpc) is 2.90. The number of esters is 1. The molecule has 1 aliphatic rings. The van der Waals surface area contributed by atoms with Crippen molar-refractivity contribution in [3.63, 3.8) is 0 Å². The molecule has 4 nitrogen and oxygen atoms in total. The number of anilines is 1. The Morgan fingerprint density at radius 1 is 1.32 bits per heavy atom. The summed E-state index contributed by atoms with van der Waals surface area (Å²) in [7, 11) is 1.28. The summed E-state index contributed by atoms with van der Waals surface area (Å²) < 4.78 is 3.61. The van der Waals surface area contributed by atoms with E-state index in [9.17, 15) is 9.59 Å². The first-order valence-corrected chi connectivity index (χ1v) is 6.44. The number of hydrogen-bond acceptors (Lipinski definition) is 3. The van der Waals surface area contributed by atoms with Crippen molar-refractivity contribution >= 4 is 40.8 Å². The summed E-state index contributed by atoms with van der Waals surface area (Å²) in [6, 6.07) is 6.60. The molecule has 1 fully saturated rings. The molecule has 19 heavy (non-hydrogen) atoms. The van der Waals surface area contributed by atoms with Gasteiger partial charge in [0.2, 0.25) is 5.91 Å². The van der Waals surface area contributed by atoms with Crippen LogP contribution in [-0.2, 0) is 9.53 Å². The predicted octanol–water partition coefficient (Wildman–Crippen LogP) is 3.00. The summed E-state index contributed by atoms with van der Waals surface area (Å²) in [5.41, 5.74) is -0.159. The van der Waals surface area contributed by atoms with Gasteiger partial charge in [-0.15, -0.1) is 23.2 Å². The monoisotopic (exact) mass is 301 g/mol. The van der Waals surface area contributed by atoms with Crippen molar-refractivity contribution in [2.24, 2.45) is 5.41 Å². The quantitative estimate of drug-likeness (QED) is 0.690. The van der Waals surface area contributed by atoms with Gasteiger partial charge in [0.15, 0.2) is 0 Å². The highest BCUT2D eigenvalue weighted by atomic mass is 35.5. The van der Waals surface area contributed by atoms with Crippen LogP contribution in [0.3, 0.4) is 0 Å². The van der Waals surface area contributed by atoms with E-state index >= 15 is 0 Å². The maximum Gasteiger partial charge on any atom is 0.339 e. The van der Waals surface area contributed by atoms with Gasteiger partial charge in [0.25, 0.3) is 0 Å². The molecule has 1 amide bonds. The number of ether oxygens (including phenoxy) is 1. The third-order valence-corrected chi connectivity index (χ3v) is 4.44. The maximum atomic E-state index is 12.1. The Morgan fingerprint density at radius 3 is 2.42 bits per heavy atom. The Kier molecular flexibility index (Phi) is 3.49. The highest BCUT2D eigenvalue weighted by molar-refractivity contribution is 6.53. The van der Waals surface area contributed by atoms with Crippen molar-refractivity contribution in [3.05, 3.63) is 29.8 Å². The van der Waals surface area contributed by atoms with E-state index < -0.39 is 15.7 Å². The number of hydrogen-bond donors (Lipinski definition) is 1. The molecule has 6 heteroatoms. The normalized spacial score (nSPS) is 23.6. The van der Waals surface area contributed by atoms with E-state index in [2.05, 4.69) is 10.1 Å². The molecule has 0 radical (unpaired) electrons. The summed E-state index contributed by atoms with van der Waals surface area (Å²) in [6.07, 6.45) is 0.384. The minimum atomic E-state index is -1.04. The number of carbonyl (C=O) groups is 2. The summed E-state index contributed by atoms with van der Waals surface area (Å²) in [6.45, 7) is 1.68. The minimum Gasteiger partial charge on any atom is -0.465 e. The van der Waals surface area contributed by atoms with Crippen molar-refractivity contribution in [2.45, 2.75) is 17.7 Å². The standard InChI is InChI=1S/C13H13Cl2NO3/c1-12(7-13(12,14)15)11(18)16-9-6-4-3-5-8(9)10(17)19-2/h3-6H,7H2,1-2H3,(H,16,18)/t12-/m0/s1. The van der Waals surface area contributed by atoms with Gasteiger partial charge in [0.05, 0.1) is 23.8 Å². The van der Waals surface area contributed by atoms with Crippen LogP contribution in [0.15, 0.2) is 24.3 Å². The number of nitrogens with one attached hydrogen (secondary N) is 1. The van der Waals surface area contributed by atoms with Crippen LogP contribution >= 0.6 is 23.2 Å². The third-order valence-electron chi connectivity index (χ3n) is 3.34. The predicted molar refractivity (Wildman–Crippen MR) is 73.6 cm³/mol. The third kappa shape index (κ3) is 2.42. The number of carbonyl (C=O) groups excluding carboxylic acids is 2. The van der Waals surface area contributed by atoms with Crippen LogP contribution in [0.1, 0.15) is 23.7 Å². The van der Waals surface area contributed by atoms with Crippen LogP contribution in [0.25, 0.3) is 0 Å². The van der Waals surface area contributed by atoms with Crippen LogP contribution < -0.4 is 5.32 Å². The Hall–Kier alpha value is -1.26. The molecule has 0 saturated heterocycles. The van der Waals surface area contributed by atoms with E-state index in [1.54, 1.807) is 31.2 Å². The molecule has 1 N–H and O–H groups in total. The second kappa shape index (κ2) is 4.69. The second-order valence-electron chi connectivity index (χ2n) is 4.70. The van der Waals surface area contributed by atoms with E-state index in [1.165, 1.54) is 7.11 Å². The molecular weight excluding hydrogens is 289 g/mol. The molecule has 102 valence electrons. The van der Waals surface area contributed by atoms with Gasteiger partial charge in [-0.3, -0.25) is 4.79 Å². The van der Waals surface area contributed by atoms with Crippen molar-refractivity contribution in [3.8, 4) is 0 Å². The number of halogens is 2. The first-order valence-electron chi connectivity index (χ1n) is 5.68. The van der Waals surface area contributed by atoms with E-state index in [-0.39, 0.29) is 11.5 Å². The largest absolute Gasteiger partial charge is 0.465 e. The summed E-state index contributed by atoms with van der Waals surface area (Å²) in [5, 5.41) is 2.68. The number of para-hydroxylation sites is 1. The lowest BCUT2D eigenvalue weighted by atomic mass is 10.1. The number of amides is 1. The van der Waals surface area contributed by atoms with Crippen molar-refractivity contribution in [1.29, 1.82) is 0 Å². The molecule has 0 unspecified atom stereocenters. The summed E-state index contributed by atoms with van der Waals surface area (Å²) in [5.74, 6) is -0.825. The molecular formula is C13H13Cl2NO3. The van der Waals surface area contributed by atoms with Gasteiger partial charge in [-0.2, -0.15) is 0 Å². The van der Waals surface area contributed by atoms with E-state index in [4.69, 9.17) is 23.2 Å². The molecule has 0 aliphatic heterocycles. The zero-order valence-corrected chi connectivity index (χ0v) is 12.0. The molecule has 1 saturated carbocycles. The second-order valence-corrected chi connectivity index (χ2v) is 6.19. The van der Waals surface area contributed by atoms with Crippen LogP contribution in [0.5, 0.6) is 0 Å². The van der Waals surface area contributed by atoms with E-state index in [1.807, 2.05) is 0 Å². The van der Waals surface area contributed by atoms with Gasteiger partial charge in [0, 0.05) is 0 Å². The fourth-order valence-electron chi connectivity index (χ4n) is 1.79.